The lowest BCUT2D eigenvalue weighted by molar-refractivity contribution is -0.125. The summed E-state index contributed by atoms with van der Waals surface area (Å²) in [6.45, 7) is 4.22. The number of amides is 1. The van der Waals surface area contributed by atoms with E-state index in [0.29, 0.717) is 13.1 Å². The number of hydrogen-bond acceptors (Lipinski definition) is 5. The number of pyridine rings is 1. The van der Waals surface area contributed by atoms with E-state index in [1.54, 1.807) is 4.68 Å². The Balaban J connectivity index is 0.00000140. The quantitative estimate of drug-likeness (QED) is 0.762. The molecular formula is C19H28Cl2N6O. The first kappa shape index (κ1) is 22.5. The maximum Gasteiger partial charge on any atom is 0.225 e. The highest BCUT2D eigenvalue weighted by Gasteiger charge is 2.34. The number of halogens is 2. The summed E-state index contributed by atoms with van der Waals surface area (Å²) >= 11 is 0. The molecule has 4 heterocycles. The van der Waals surface area contributed by atoms with Crippen molar-refractivity contribution >= 4 is 36.5 Å². The van der Waals surface area contributed by atoms with Crippen LogP contribution in [0.2, 0.25) is 0 Å². The summed E-state index contributed by atoms with van der Waals surface area (Å²) in [5.41, 5.74) is 2.15. The van der Waals surface area contributed by atoms with Crippen LogP contribution in [0.3, 0.4) is 0 Å². The van der Waals surface area contributed by atoms with Crippen LogP contribution in [0.15, 0.2) is 30.7 Å². The molecule has 2 aromatic heterocycles. The fourth-order valence-corrected chi connectivity index (χ4v) is 3.91. The van der Waals surface area contributed by atoms with E-state index in [1.807, 2.05) is 25.6 Å². The number of anilines is 1. The average molecular weight is 427 g/mol. The lowest BCUT2D eigenvalue weighted by Gasteiger charge is -2.18. The number of rotatable bonds is 5. The van der Waals surface area contributed by atoms with Gasteiger partial charge in [0.05, 0.1) is 12.1 Å². The Labute approximate surface area is 178 Å². The van der Waals surface area contributed by atoms with Crippen molar-refractivity contribution in [1.29, 1.82) is 0 Å². The van der Waals surface area contributed by atoms with E-state index in [9.17, 15) is 4.79 Å². The minimum atomic E-state index is -0.0592. The Kier molecular flexibility index (Phi) is 8.10. The molecule has 2 saturated heterocycles. The maximum atomic E-state index is 12.7. The van der Waals surface area contributed by atoms with Crippen LogP contribution in [-0.2, 0) is 18.4 Å². The predicted molar refractivity (Wildman–Crippen MR) is 114 cm³/mol. The van der Waals surface area contributed by atoms with Gasteiger partial charge in [0, 0.05) is 58.1 Å². The summed E-state index contributed by atoms with van der Waals surface area (Å²) in [5, 5.41) is 10.6. The summed E-state index contributed by atoms with van der Waals surface area (Å²) in [6, 6.07) is 4.12. The molecule has 0 spiro atoms. The molecule has 2 aromatic rings. The van der Waals surface area contributed by atoms with Crippen molar-refractivity contribution in [2.75, 3.05) is 31.1 Å². The molecule has 4 rings (SSSR count). The summed E-state index contributed by atoms with van der Waals surface area (Å²) in [4.78, 5) is 19.5. The number of nitrogens with zero attached hydrogens (tertiary/aromatic N) is 4. The Morgan fingerprint density at radius 2 is 2.00 bits per heavy atom. The largest absolute Gasteiger partial charge is 0.357 e. The van der Waals surface area contributed by atoms with Crippen LogP contribution in [-0.4, -0.2) is 46.9 Å². The summed E-state index contributed by atoms with van der Waals surface area (Å²) in [7, 11) is 1.90. The fourth-order valence-electron chi connectivity index (χ4n) is 3.91. The van der Waals surface area contributed by atoms with Crippen molar-refractivity contribution < 1.29 is 4.79 Å². The zero-order valence-corrected chi connectivity index (χ0v) is 17.6. The van der Waals surface area contributed by atoms with Crippen molar-refractivity contribution in [2.45, 2.75) is 25.3 Å². The van der Waals surface area contributed by atoms with E-state index in [4.69, 9.17) is 0 Å². The lowest BCUT2D eigenvalue weighted by Crippen LogP contribution is -2.34. The van der Waals surface area contributed by atoms with E-state index in [2.05, 4.69) is 37.7 Å². The summed E-state index contributed by atoms with van der Waals surface area (Å²) in [5.74, 6) is 1.25. The number of aromatic nitrogens is 3. The van der Waals surface area contributed by atoms with E-state index < -0.39 is 0 Å². The van der Waals surface area contributed by atoms with Crippen LogP contribution in [0.4, 0.5) is 5.82 Å². The summed E-state index contributed by atoms with van der Waals surface area (Å²) in [6.07, 6.45) is 8.22. The molecule has 2 aliphatic rings. The molecule has 9 heteroatoms. The molecule has 0 unspecified atom stereocenters. The van der Waals surface area contributed by atoms with Crippen molar-refractivity contribution in [1.82, 2.24) is 25.4 Å². The minimum Gasteiger partial charge on any atom is -0.357 e. The van der Waals surface area contributed by atoms with Crippen molar-refractivity contribution in [3.63, 3.8) is 0 Å². The standard InChI is InChI=1S/C19H26N6O.2ClH/c1-24-13-15(10-23-24)16-11-20-12-17(16)19(26)22-9-14-4-5-18(21-8-14)25-6-2-3-7-25;;/h4-5,8,10,13,16-17,20H,2-3,6-7,9,11-12H2,1H3,(H,22,26);2*1H/t16-,17+;;/m1../s1. The van der Waals surface area contributed by atoms with Gasteiger partial charge < -0.3 is 15.5 Å². The second-order valence-corrected chi connectivity index (χ2v) is 7.26. The van der Waals surface area contributed by atoms with Crippen LogP contribution in [0.25, 0.3) is 0 Å². The molecular weight excluding hydrogens is 399 g/mol. The zero-order chi connectivity index (χ0) is 17.9. The first-order chi connectivity index (χ1) is 12.7. The fraction of sp³-hybridized carbons (Fsp3) is 0.526. The molecule has 28 heavy (non-hydrogen) atoms. The Hall–Kier alpha value is -1.83. The van der Waals surface area contributed by atoms with Gasteiger partial charge in [0.1, 0.15) is 5.82 Å². The highest BCUT2D eigenvalue weighted by molar-refractivity contribution is 5.85. The van der Waals surface area contributed by atoms with Gasteiger partial charge >= 0.3 is 0 Å². The molecule has 0 bridgehead atoms. The number of aryl methyl sites for hydroxylation is 1. The number of carbonyl (C=O) groups is 1. The first-order valence-corrected chi connectivity index (χ1v) is 9.37. The van der Waals surface area contributed by atoms with Crippen LogP contribution >= 0.6 is 24.8 Å². The van der Waals surface area contributed by atoms with Gasteiger partial charge in [0.25, 0.3) is 0 Å². The van der Waals surface area contributed by atoms with Crippen LogP contribution in [0.5, 0.6) is 0 Å². The summed E-state index contributed by atoms with van der Waals surface area (Å²) < 4.78 is 1.79. The smallest absolute Gasteiger partial charge is 0.225 e. The first-order valence-electron chi connectivity index (χ1n) is 9.37. The molecule has 154 valence electrons. The Morgan fingerprint density at radius 1 is 1.21 bits per heavy atom. The van der Waals surface area contributed by atoms with Crippen LogP contribution in [0, 0.1) is 5.92 Å². The van der Waals surface area contributed by atoms with E-state index in [0.717, 1.165) is 36.6 Å². The van der Waals surface area contributed by atoms with Gasteiger partial charge in [0.2, 0.25) is 5.91 Å². The Morgan fingerprint density at radius 3 is 2.64 bits per heavy atom. The van der Waals surface area contributed by atoms with E-state index >= 15 is 0 Å². The molecule has 1 amide bonds. The highest BCUT2D eigenvalue weighted by atomic mass is 35.5. The molecule has 0 saturated carbocycles. The van der Waals surface area contributed by atoms with E-state index in [-0.39, 0.29) is 42.6 Å². The molecule has 0 aromatic carbocycles. The molecule has 0 aliphatic carbocycles. The predicted octanol–water partition coefficient (Wildman–Crippen LogP) is 1.88. The van der Waals surface area contributed by atoms with Gasteiger partial charge in [-0.25, -0.2) is 4.98 Å². The van der Waals surface area contributed by atoms with Gasteiger partial charge in [-0.3, -0.25) is 9.48 Å². The van der Waals surface area contributed by atoms with Gasteiger partial charge in [-0.05, 0) is 30.0 Å². The molecule has 0 radical (unpaired) electrons. The third kappa shape index (κ3) is 4.96. The van der Waals surface area contributed by atoms with Gasteiger partial charge in [0.15, 0.2) is 0 Å². The number of carbonyl (C=O) groups excluding carboxylic acids is 1. The van der Waals surface area contributed by atoms with Crippen molar-refractivity contribution in [2.24, 2.45) is 13.0 Å². The number of hydrogen-bond donors (Lipinski definition) is 2. The highest BCUT2D eigenvalue weighted by Crippen LogP contribution is 2.28. The third-order valence-electron chi connectivity index (χ3n) is 5.41. The Bertz CT molecular complexity index is 760. The SMILES string of the molecule is Cl.Cl.Cn1cc([C@H]2CNC[C@@H]2C(=O)NCc2ccc(N3CCCC3)nc2)cn1. The van der Waals surface area contributed by atoms with Crippen molar-refractivity contribution in [3.8, 4) is 0 Å². The van der Waals surface area contributed by atoms with Crippen molar-refractivity contribution in [3.05, 3.63) is 41.9 Å². The monoisotopic (exact) mass is 426 g/mol. The zero-order valence-electron chi connectivity index (χ0n) is 16.0. The average Bonchev–Trinajstić information content (AvgIpc) is 3.40. The molecule has 2 fully saturated rings. The topological polar surface area (TPSA) is 75.1 Å². The minimum absolute atomic E-state index is 0. The molecule has 2 atom stereocenters. The third-order valence-corrected chi connectivity index (χ3v) is 5.41. The van der Waals surface area contributed by atoms with Crippen LogP contribution in [0.1, 0.15) is 29.9 Å². The van der Waals surface area contributed by atoms with Gasteiger partial charge in [-0.2, -0.15) is 5.10 Å². The second kappa shape index (κ2) is 10.1. The van der Waals surface area contributed by atoms with Gasteiger partial charge in [-0.15, -0.1) is 24.8 Å². The maximum absolute atomic E-state index is 12.7. The van der Waals surface area contributed by atoms with E-state index in [1.165, 1.54) is 12.8 Å². The molecule has 2 aliphatic heterocycles. The molecule has 2 N–H and O–H groups in total. The second-order valence-electron chi connectivity index (χ2n) is 7.26. The normalized spacial score (nSPS) is 21.1. The van der Waals surface area contributed by atoms with Crippen LogP contribution < -0.4 is 15.5 Å². The lowest BCUT2D eigenvalue weighted by atomic mass is 9.90. The number of nitrogens with one attached hydrogen (secondary N) is 2. The van der Waals surface area contributed by atoms with Gasteiger partial charge in [-0.1, -0.05) is 6.07 Å². The molecule has 7 nitrogen and oxygen atoms in total.